The molecule has 0 aliphatic carbocycles. The van der Waals surface area contributed by atoms with Crippen molar-refractivity contribution >= 4 is 31.9 Å². The molecular formula is C16H16Br2O2. The molecule has 0 amide bonds. The Labute approximate surface area is 136 Å². The van der Waals surface area contributed by atoms with Gasteiger partial charge in [-0.1, -0.05) is 68.3 Å². The summed E-state index contributed by atoms with van der Waals surface area (Å²) in [5, 5.41) is 10.1. The minimum absolute atomic E-state index is 0.322. The third-order valence-corrected chi connectivity index (χ3v) is 4.41. The Hall–Kier alpha value is -0.680. The van der Waals surface area contributed by atoms with Crippen LogP contribution in [0.2, 0.25) is 0 Å². The average molecular weight is 400 g/mol. The van der Waals surface area contributed by atoms with Crippen LogP contribution in [0.5, 0.6) is 0 Å². The van der Waals surface area contributed by atoms with Crippen LogP contribution in [0.15, 0.2) is 57.5 Å². The maximum absolute atomic E-state index is 10.1. The molecule has 0 aliphatic heterocycles. The first-order valence-corrected chi connectivity index (χ1v) is 7.98. The Bertz CT molecular complexity index is 523. The SMILES string of the molecule is OC(COCc1ccccc1)Cc1c(Br)cccc1Br. The molecule has 2 aromatic rings. The molecule has 2 rings (SSSR count). The zero-order valence-corrected chi connectivity index (χ0v) is 14.1. The highest BCUT2D eigenvalue weighted by molar-refractivity contribution is 9.11. The standard InChI is InChI=1S/C16H16Br2O2/c17-15-7-4-8-16(18)14(15)9-13(19)11-20-10-12-5-2-1-3-6-12/h1-8,13,19H,9-11H2. The number of benzene rings is 2. The predicted octanol–water partition coefficient (Wildman–Crippen LogP) is 4.33. The summed E-state index contributed by atoms with van der Waals surface area (Å²) in [7, 11) is 0. The summed E-state index contributed by atoms with van der Waals surface area (Å²) >= 11 is 7.00. The predicted molar refractivity (Wildman–Crippen MR) is 87.7 cm³/mol. The Kier molecular flexibility index (Phi) is 6.23. The molecule has 2 aromatic carbocycles. The van der Waals surface area contributed by atoms with E-state index in [1.807, 2.05) is 48.5 Å². The Morgan fingerprint density at radius 1 is 0.950 bits per heavy atom. The largest absolute Gasteiger partial charge is 0.390 e. The molecular weight excluding hydrogens is 384 g/mol. The van der Waals surface area contributed by atoms with Gasteiger partial charge in [0.2, 0.25) is 0 Å². The second-order valence-electron chi connectivity index (χ2n) is 4.56. The third kappa shape index (κ3) is 4.70. The fraction of sp³-hybridized carbons (Fsp3) is 0.250. The maximum atomic E-state index is 10.1. The van der Waals surface area contributed by atoms with Gasteiger partial charge in [-0.3, -0.25) is 0 Å². The lowest BCUT2D eigenvalue weighted by molar-refractivity contribution is 0.0287. The van der Waals surface area contributed by atoms with Gasteiger partial charge in [0.15, 0.2) is 0 Å². The van der Waals surface area contributed by atoms with Crippen molar-refractivity contribution in [1.82, 2.24) is 0 Å². The van der Waals surface area contributed by atoms with Crippen molar-refractivity contribution < 1.29 is 9.84 Å². The molecule has 0 saturated heterocycles. The summed E-state index contributed by atoms with van der Waals surface area (Å²) in [4.78, 5) is 0. The quantitative estimate of drug-likeness (QED) is 0.783. The Morgan fingerprint density at radius 3 is 2.25 bits per heavy atom. The highest BCUT2D eigenvalue weighted by atomic mass is 79.9. The highest BCUT2D eigenvalue weighted by Gasteiger charge is 2.11. The molecule has 0 aliphatic rings. The van der Waals surface area contributed by atoms with E-state index >= 15 is 0 Å². The smallest absolute Gasteiger partial charge is 0.0814 e. The second-order valence-corrected chi connectivity index (χ2v) is 6.27. The zero-order valence-electron chi connectivity index (χ0n) is 10.9. The molecule has 2 nitrogen and oxygen atoms in total. The molecule has 4 heteroatoms. The van der Waals surface area contributed by atoms with Crippen molar-refractivity contribution in [2.45, 2.75) is 19.1 Å². The minimum atomic E-state index is -0.520. The lowest BCUT2D eigenvalue weighted by atomic mass is 10.1. The average Bonchev–Trinajstić information content (AvgIpc) is 2.44. The van der Waals surface area contributed by atoms with Gasteiger partial charge in [0.25, 0.3) is 0 Å². The van der Waals surface area contributed by atoms with Crippen LogP contribution >= 0.6 is 31.9 Å². The highest BCUT2D eigenvalue weighted by Crippen LogP contribution is 2.26. The molecule has 106 valence electrons. The number of rotatable bonds is 6. The van der Waals surface area contributed by atoms with Crippen LogP contribution < -0.4 is 0 Å². The van der Waals surface area contributed by atoms with Crippen LogP contribution in [0.25, 0.3) is 0 Å². The van der Waals surface area contributed by atoms with Gasteiger partial charge in [-0.05, 0) is 23.3 Å². The number of aliphatic hydroxyl groups excluding tert-OH is 1. The lowest BCUT2D eigenvalue weighted by Gasteiger charge is -2.14. The van der Waals surface area contributed by atoms with Crippen LogP contribution in [0.3, 0.4) is 0 Å². The van der Waals surface area contributed by atoms with E-state index in [1.165, 1.54) is 0 Å². The normalized spacial score (nSPS) is 12.3. The molecule has 1 unspecified atom stereocenters. The van der Waals surface area contributed by atoms with E-state index in [0.29, 0.717) is 19.6 Å². The van der Waals surface area contributed by atoms with Gasteiger partial charge >= 0.3 is 0 Å². The van der Waals surface area contributed by atoms with Crippen molar-refractivity contribution in [2.24, 2.45) is 0 Å². The van der Waals surface area contributed by atoms with Crippen molar-refractivity contribution in [3.05, 3.63) is 68.6 Å². The summed E-state index contributed by atoms with van der Waals surface area (Å²) in [6.45, 7) is 0.845. The summed E-state index contributed by atoms with van der Waals surface area (Å²) in [5.74, 6) is 0. The van der Waals surface area contributed by atoms with E-state index < -0.39 is 6.10 Å². The molecule has 0 heterocycles. The first kappa shape index (κ1) is 15.7. The van der Waals surface area contributed by atoms with Gasteiger partial charge in [0.05, 0.1) is 19.3 Å². The first-order chi connectivity index (χ1) is 9.66. The molecule has 0 bridgehead atoms. The topological polar surface area (TPSA) is 29.5 Å². The lowest BCUT2D eigenvalue weighted by Crippen LogP contribution is -2.18. The van der Waals surface area contributed by atoms with Crippen molar-refractivity contribution in [3.63, 3.8) is 0 Å². The molecule has 0 spiro atoms. The number of hydrogen-bond acceptors (Lipinski definition) is 2. The van der Waals surface area contributed by atoms with Crippen molar-refractivity contribution in [3.8, 4) is 0 Å². The van der Waals surface area contributed by atoms with E-state index in [9.17, 15) is 5.11 Å². The molecule has 1 atom stereocenters. The van der Waals surface area contributed by atoms with E-state index in [2.05, 4.69) is 31.9 Å². The molecule has 0 aromatic heterocycles. The molecule has 1 N–H and O–H groups in total. The second kappa shape index (κ2) is 7.93. The fourth-order valence-corrected chi connectivity index (χ4v) is 3.23. The number of hydrogen-bond donors (Lipinski definition) is 1. The van der Waals surface area contributed by atoms with E-state index in [-0.39, 0.29) is 0 Å². The zero-order chi connectivity index (χ0) is 14.4. The summed E-state index contributed by atoms with van der Waals surface area (Å²) < 4.78 is 7.54. The van der Waals surface area contributed by atoms with Crippen LogP contribution in [-0.4, -0.2) is 17.8 Å². The molecule has 0 radical (unpaired) electrons. The van der Waals surface area contributed by atoms with Gasteiger partial charge in [-0.2, -0.15) is 0 Å². The maximum Gasteiger partial charge on any atom is 0.0814 e. The summed E-state index contributed by atoms with van der Waals surface area (Å²) in [6.07, 6.45) is 0.0327. The fourth-order valence-electron chi connectivity index (χ4n) is 1.91. The number of halogens is 2. The van der Waals surface area contributed by atoms with Gasteiger partial charge in [-0.25, -0.2) is 0 Å². The molecule has 0 saturated carbocycles. The van der Waals surface area contributed by atoms with E-state index in [4.69, 9.17) is 4.74 Å². The van der Waals surface area contributed by atoms with Gasteiger partial charge in [-0.15, -0.1) is 0 Å². The molecule has 20 heavy (non-hydrogen) atoms. The number of ether oxygens (including phenoxy) is 1. The van der Waals surface area contributed by atoms with Gasteiger partial charge < -0.3 is 9.84 Å². The van der Waals surface area contributed by atoms with Crippen molar-refractivity contribution in [2.75, 3.05) is 6.61 Å². The van der Waals surface area contributed by atoms with Crippen LogP contribution in [0.4, 0.5) is 0 Å². The van der Waals surface area contributed by atoms with Crippen LogP contribution in [0, 0.1) is 0 Å². The Morgan fingerprint density at radius 2 is 1.60 bits per heavy atom. The van der Waals surface area contributed by atoms with Crippen molar-refractivity contribution in [1.29, 1.82) is 0 Å². The monoisotopic (exact) mass is 398 g/mol. The molecule has 0 fully saturated rings. The van der Waals surface area contributed by atoms with Gasteiger partial charge in [0.1, 0.15) is 0 Å². The summed E-state index contributed by atoms with van der Waals surface area (Å²) in [6, 6.07) is 15.8. The van der Waals surface area contributed by atoms with E-state index in [0.717, 1.165) is 20.1 Å². The van der Waals surface area contributed by atoms with E-state index in [1.54, 1.807) is 0 Å². The number of aliphatic hydroxyl groups is 1. The van der Waals surface area contributed by atoms with Crippen LogP contribution in [0.1, 0.15) is 11.1 Å². The third-order valence-electron chi connectivity index (χ3n) is 2.92. The van der Waals surface area contributed by atoms with Gasteiger partial charge in [0, 0.05) is 15.4 Å². The minimum Gasteiger partial charge on any atom is -0.390 e. The van der Waals surface area contributed by atoms with Crippen LogP contribution in [-0.2, 0) is 17.8 Å². The first-order valence-electron chi connectivity index (χ1n) is 6.39. The Balaban J connectivity index is 1.82. The summed E-state index contributed by atoms with van der Waals surface area (Å²) in [5.41, 5.74) is 2.17.